The van der Waals surface area contributed by atoms with Gasteiger partial charge in [0.05, 0.1) is 0 Å². The molecule has 0 aliphatic rings. The highest BCUT2D eigenvalue weighted by molar-refractivity contribution is 6.25. The Hall–Kier alpha value is 0.0300. The molecule has 0 spiro atoms. The average Bonchev–Trinajstić information content (AvgIpc) is 2.47. The highest BCUT2D eigenvalue weighted by atomic mass is 35.5. The van der Waals surface area contributed by atoms with E-state index in [0.29, 0.717) is 0 Å². The molecule has 0 nitrogen and oxygen atoms in total. The maximum Gasteiger partial charge on any atom is 0.000245 e. The van der Waals surface area contributed by atoms with Gasteiger partial charge in [-0.25, -0.2) is 0 Å². The third-order valence-corrected chi connectivity index (χ3v) is 4.24. The smallest absolute Gasteiger partial charge is 0.000245 e. The first-order chi connectivity index (χ1) is 9.91. The molecule has 0 saturated carbocycles. The van der Waals surface area contributed by atoms with Gasteiger partial charge in [-0.1, -0.05) is 114 Å². The van der Waals surface area contributed by atoms with Crippen LogP contribution in [0.5, 0.6) is 0 Å². The Labute approximate surface area is 133 Å². The van der Waals surface area contributed by atoms with E-state index in [0.717, 1.165) is 6.42 Å². The van der Waals surface area contributed by atoms with Crippen LogP contribution in [-0.4, -0.2) is 0 Å². The molecule has 0 atom stereocenters. The fraction of sp³-hybridized carbons (Fsp3) is 0.895. The van der Waals surface area contributed by atoms with E-state index in [1.807, 2.05) is 0 Å². The van der Waals surface area contributed by atoms with Crippen LogP contribution in [0.2, 0.25) is 0 Å². The van der Waals surface area contributed by atoms with E-state index < -0.39 is 0 Å². The van der Waals surface area contributed by atoms with E-state index in [2.05, 4.69) is 13.0 Å². The number of unbranched alkanes of at least 4 members (excludes halogenated alkanes) is 15. The number of allylic oxidation sites excluding steroid dienone is 1. The van der Waals surface area contributed by atoms with Crippen LogP contribution in [0.15, 0.2) is 11.6 Å². The third-order valence-electron chi connectivity index (χ3n) is 4.06. The molecule has 1 heteroatoms. The number of halogens is 1. The maximum atomic E-state index is 5.49. The lowest BCUT2D eigenvalue weighted by atomic mass is 10.0. The minimum atomic E-state index is 1.15. The summed E-state index contributed by atoms with van der Waals surface area (Å²) in [7, 11) is 0. The van der Waals surface area contributed by atoms with Crippen LogP contribution in [-0.2, 0) is 0 Å². The molecular formula is C19H37Cl. The summed E-state index contributed by atoms with van der Waals surface area (Å²) in [5.41, 5.74) is 1.64. The van der Waals surface area contributed by atoms with Crippen molar-refractivity contribution >= 4 is 11.6 Å². The topological polar surface area (TPSA) is 0 Å². The van der Waals surface area contributed by atoms with Crippen molar-refractivity contribution in [1.29, 1.82) is 0 Å². The Morgan fingerprint density at radius 2 is 0.900 bits per heavy atom. The minimum Gasteiger partial charge on any atom is -0.0933 e. The van der Waals surface area contributed by atoms with Crippen molar-refractivity contribution < 1.29 is 0 Å². The normalized spacial score (nSPS) is 11.5. The average molecular weight is 301 g/mol. The number of hydrogen-bond donors (Lipinski definition) is 0. The van der Waals surface area contributed by atoms with Crippen molar-refractivity contribution in [1.82, 2.24) is 0 Å². The molecule has 0 aromatic rings. The van der Waals surface area contributed by atoms with E-state index in [9.17, 15) is 0 Å². The van der Waals surface area contributed by atoms with Crippen LogP contribution in [0.4, 0.5) is 0 Å². The van der Waals surface area contributed by atoms with Crippen LogP contribution in [0, 0.1) is 0 Å². The zero-order valence-corrected chi connectivity index (χ0v) is 14.6. The van der Waals surface area contributed by atoms with Gasteiger partial charge in [-0.15, -0.1) is 0 Å². The van der Waals surface area contributed by atoms with Gasteiger partial charge in [-0.3, -0.25) is 0 Å². The molecule has 0 rings (SSSR count). The van der Waals surface area contributed by atoms with Gasteiger partial charge in [0, 0.05) is 5.54 Å². The van der Waals surface area contributed by atoms with E-state index >= 15 is 0 Å². The largest absolute Gasteiger partial charge is 0.0933 e. The van der Waals surface area contributed by atoms with Crippen molar-refractivity contribution in [3.8, 4) is 0 Å². The van der Waals surface area contributed by atoms with Crippen molar-refractivity contribution in [2.24, 2.45) is 0 Å². The van der Waals surface area contributed by atoms with Crippen molar-refractivity contribution in [2.75, 3.05) is 0 Å². The lowest BCUT2D eigenvalue weighted by Crippen LogP contribution is -1.83. The zero-order valence-electron chi connectivity index (χ0n) is 13.8. The first kappa shape index (κ1) is 20.0. The Morgan fingerprint density at radius 3 is 1.25 bits per heavy atom. The van der Waals surface area contributed by atoms with Crippen LogP contribution in [0.25, 0.3) is 0 Å². The predicted molar refractivity (Wildman–Crippen MR) is 94.5 cm³/mol. The van der Waals surface area contributed by atoms with Gasteiger partial charge >= 0.3 is 0 Å². The molecule has 0 aliphatic carbocycles. The maximum absolute atomic E-state index is 5.49. The molecule has 0 aromatic heterocycles. The standard InChI is InChI=1S/C19H37Cl/c1-2-3-4-5-6-7-8-9-10-11-12-13-14-15-16-17-18-19-20/h18-19H,2-17H2,1H3. The molecule has 0 unspecified atom stereocenters. The molecule has 0 amide bonds. The third kappa shape index (κ3) is 18.0. The summed E-state index contributed by atoms with van der Waals surface area (Å²) < 4.78 is 0. The number of hydrogen-bond acceptors (Lipinski definition) is 0. The van der Waals surface area contributed by atoms with E-state index in [-0.39, 0.29) is 0 Å². The summed E-state index contributed by atoms with van der Waals surface area (Å²) >= 11 is 5.49. The Kier molecular flexibility index (Phi) is 19.1. The molecule has 0 saturated heterocycles. The summed E-state index contributed by atoms with van der Waals surface area (Å²) in [5.74, 6) is 0. The lowest BCUT2D eigenvalue weighted by molar-refractivity contribution is 0.533. The van der Waals surface area contributed by atoms with Crippen molar-refractivity contribution in [2.45, 2.75) is 110 Å². The molecule has 0 heterocycles. The monoisotopic (exact) mass is 300 g/mol. The quantitative estimate of drug-likeness (QED) is 0.253. The SMILES string of the molecule is CCCCCCCCCCCCCCCCCC=CCl. The van der Waals surface area contributed by atoms with Gasteiger partial charge in [0.2, 0.25) is 0 Å². The highest BCUT2D eigenvalue weighted by Gasteiger charge is 1.93. The van der Waals surface area contributed by atoms with Crippen molar-refractivity contribution in [3.05, 3.63) is 11.6 Å². The molecule has 0 N–H and O–H groups in total. The van der Waals surface area contributed by atoms with E-state index in [1.54, 1.807) is 5.54 Å². The molecule has 0 aliphatic heterocycles. The Balaban J connectivity index is 2.92. The molecule has 0 radical (unpaired) electrons. The second-order valence-corrected chi connectivity index (χ2v) is 6.35. The predicted octanol–water partition coefficient (Wildman–Crippen LogP) is 8.00. The van der Waals surface area contributed by atoms with Crippen LogP contribution >= 0.6 is 11.6 Å². The summed E-state index contributed by atoms with van der Waals surface area (Å²) in [5, 5.41) is 0. The second-order valence-electron chi connectivity index (χ2n) is 6.10. The summed E-state index contributed by atoms with van der Waals surface area (Å²) in [4.78, 5) is 0. The molecular weight excluding hydrogens is 264 g/mol. The van der Waals surface area contributed by atoms with E-state index in [4.69, 9.17) is 11.6 Å². The first-order valence-corrected chi connectivity index (χ1v) is 9.60. The highest BCUT2D eigenvalue weighted by Crippen LogP contribution is 2.13. The molecule has 0 bridgehead atoms. The summed E-state index contributed by atoms with van der Waals surface area (Å²) in [6.07, 6.45) is 24.7. The van der Waals surface area contributed by atoms with Crippen LogP contribution in [0.1, 0.15) is 110 Å². The zero-order chi connectivity index (χ0) is 14.7. The van der Waals surface area contributed by atoms with E-state index in [1.165, 1.54) is 96.3 Å². The summed E-state index contributed by atoms with van der Waals surface area (Å²) in [6, 6.07) is 0. The van der Waals surface area contributed by atoms with Gasteiger partial charge < -0.3 is 0 Å². The van der Waals surface area contributed by atoms with Gasteiger partial charge in [-0.2, -0.15) is 0 Å². The van der Waals surface area contributed by atoms with Crippen molar-refractivity contribution in [3.63, 3.8) is 0 Å². The fourth-order valence-electron chi connectivity index (χ4n) is 2.70. The second kappa shape index (κ2) is 19.0. The van der Waals surface area contributed by atoms with Crippen LogP contribution < -0.4 is 0 Å². The van der Waals surface area contributed by atoms with Crippen LogP contribution in [0.3, 0.4) is 0 Å². The Morgan fingerprint density at radius 1 is 0.550 bits per heavy atom. The van der Waals surface area contributed by atoms with Gasteiger partial charge in [0.15, 0.2) is 0 Å². The van der Waals surface area contributed by atoms with Gasteiger partial charge in [0.25, 0.3) is 0 Å². The fourth-order valence-corrected chi connectivity index (χ4v) is 2.82. The molecule has 120 valence electrons. The molecule has 0 fully saturated rings. The minimum absolute atomic E-state index is 1.15. The van der Waals surface area contributed by atoms with Gasteiger partial charge in [0.1, 0.15) is 0 Å². The first-order valence-electron chi connectivity index (χ1n) is 9.17. The van der Waals surface area contributed by atoms with Gasteiger partial charge in [-0.05, 0) is 12.8 Å². The lowest BCUT2D eigenvalue weighted by Gasteiger charge is -2.03. The Bertz CT molecular complexity index is 186. The molecule has 0 aromatic carbocycles. The summed E-state index contributed by atoms with van der Waals surface area (Å²) in [6.45, 7) is 2.29. The molecule has 20 heavy (non-hydrogen) atoms. The number of rotatable bonds is 16.